The summed E-state index contributed by atoms with van der Waals surface area (Å²) in [7, 11) is 0. The van der Waals surface area contributed by atoms with Crippen molar-refractivity contribution in [3.63, 3.8) is 0 Å². The Balaban J connectivity index is 2.26. The minimum Gasteiger partial charge on any atom is -0.462 e. The van der Waals surface area contributed by atoms with E-state index in [9.17, 15) is 14.0 Å². The molecule has 5 nitrogen and oxygen atoms in total. The molecule has 8 heteroatoms. The Labute approximate surface area is 136 Å². The molecular weight excluding hydrogens is 334 g/mol. The largest absolute Gasteiger partial charge is 0.462 e. The van der Waals surface area contributed by atoms with Crippen LogP contribution in [0.1, 0.15) is 23.7 Å². The number of nitrogens with one attached hydrogen (secondary N) is 1. The molecule has 22 heavy (non-hydrogen) atoms. The van der Waals surface area contributed by atoms with E-state index in [2.05, 4.69) is 10.3 Å². The van der Waals surface area contributed by atoms with E-state index in [1.54, 1.807) is 6.92 Å². The third-order valence-corrected chi connectivity index (χ3v) is 3.45. The van der Waals surface area contributed by atoms with Gasteiger partial charge in [-0.2, -0.15) is 0 Å². The summed E-state index contributed by atoms with van der Waals surface area (Å²) in [6.45, 7) is 1.72. The van der Waals surface area contributed by atoms with Crippen LogP contribution in [0.25, 0.3) is 0 Å². The molecule has 0 unspecified atom stereocenters. The lowest BCUT2D eigenvalue weighted by molar-refractivity contribution is -0.138. The molecule has 1 fully saturated rings. The third-order valence-electron chi connectivity index (χ3n) is 2.95. The lowest BCUT2D eigenvalue weighted by Crippen LogP contribution is -2.21. The van der Waals surface area contributed by atoms with E-state index in [0.717, 1.165) is 6.20 Å². The second kappa shape index (κ2) is 7.07. The van der Waals surface area contributed by atoms with Crippen molar-refractivity contribution in [1.29, 1.82) is 0 Å². The first-order valence-corrected chi connectivity index (χ1v) is 7.33. The Morgan fingerprint density at radius 3 is 2.73 bits per heavy atom. The summed E-state index contributed by atoms with van der Waals surface area (Å²) < 4.78 is 17.7. The van der Waals surface area contributed by atoms with E-state index in [4.69, 9.17) is 27.9 Å². The fraction of sp³-hybridized carbons (Fsp3) is 0.357. The molecule has 118 valence electrons. The van der Waals surface area contributed by atoms with E-state index < -0.39 is 24.0 Å². The average Bonchev–Trinajstić information content (AvgIpc) is 3.15. The van der Waals surface area contributed by atoms with Crippen LogP contribution in [0.15, 0.2) is 23.9 Å². The second-order valence-corrected chi connectivity index (χ2v) is 5.35. The number of nitrogens with zero attached hydrogens (tertiary/aromatic N) is 1. The van der Waals surface area contributed by atoms with Gasteiger partial charge < -0.3 is 10.1 Å². The van der Waals surface area contributed by atoms with Crippen LogP contribution in [0.3, 0.4) is 0 Å². The van der Waals surface area contributed by atoms with Crippen molar-refractivity contribution in [2.45, 2.75) is 25.6 Å². The molecule has 0 aromatic carbocycles. The summed E-state index contributed by atoms with van der Waals surface area (Å²) in [5.41, 5.74) is -0.258. The number of alkyl halides is 1. The number of ether oxygens (including phenoxy) is 1. The molecule has 1 aliphatic rings. The van der Waals surface area contributed by atoms with Gasteiger partial charge in [0.05, 0.1) is 18.2 Å². The van der Waals surface area contributed by atoms with Crippen LogP contribution >= 0.6 is 23.2 Å². The maximum absolute atomic E-state index is 12.9. The smallest absolute Gasteiger partial charge is 0.343 e. The Bertz CT molecular complexity index is 637. The maximum atomic E-state index is 12.9. The van der Waals surface area contributed by atoms with Gasteiger partial charge in [0.15, 0.2) is 0 Å². The van der Waals surface area contributed by atoms with Crippen molar-refractivity contribution >= 4 is 35.0 Å². The maximum Gasteiger partial charge on any atom is 0.343 e. The van der Waals surface area contributed by atoms with Crippen molar-refractivity contribution in [2.75, 3.05) is 6.61 Å². The highest BCUT2D eigenvalue weighted by molar-refractivity contribution is 6.37. The van der Waals surface area contributed by atoms with Gasteiger partial charge >= 0.3 is 5.97 Å². The molecular formula is C14H13Cl2FN2O3. The van der Waals surface area contributed by atoms with Crippen LogP contribution in [0.2, 0.25) is 10.3 Å². The zero-order valence-electron chi connectivity index (χ0n) is 11.6. The number of Topliss-reactive ketones (excluding diaryl/α,β-unsaturated/α-hetero) is 1. The zero-order valence-corrected chi connectivity index (χ0v) is 13.1. The van der Waals surface area contributed by atoms with Crippen LogP contribution in [-0.2, 0) is 9.53 Å². The number of carbonyl (C=O) groups is 2. The molecule has 0 bridgehead atoms. The van der Waals surface area contributed by atoms with Gasteiger partial charge in [-0.1, -0.05) is 23.2 Å². The number of ketones is 1. The summed E-state index contributed by atoms with van der Waals surface area (Å²) in [5, 5.41) is 2.68. The second-order valence-electron chi connectivity index (χ2n) is 4.60. The molecule has 0 spiro atoms. The number of carbonyl (C=O) groups excluding carboxylic acids is 2. The number of pyridine rings is 1. The van der Waals surface area contributed by atoms with Crippen LogP contribution in [0, 0.1) is 0 Å². The van der Waals surface area contributed by atoms with Gasteiger partial charge in [0.25, 0.3) is 0 Å². The monoisotopic (exact) mass is 346 g/mol. The molecule has 1 aromatic rings. The van der Waals surface area contributed by atoms with E-state index in [1.807, 2.05) is 0 Å². The first kappa shape index (κ1) is 16.7. The molecule has 0 radical (unpaired) electrons. The van der Waals surface area contributed by atoms with Crippen molar-refractivity contribution in [3.05, 3.63) is 39.8 Å². The number of aromatic nitrogens is 1. The van der Waals surface area contributed by atoms with Gasteiger partial charge in [0.2, 0.25) is 5.78 Å². The van der Waals surface area contributed by atoms with Gasteiger partial charge in [-0.05, 0) is 19.1 Å². The summed E-state index contributed by atoms with van der Waals surface area (Å²) >= 11 is 11.5. The number of esters is 1. The fourth-order valence-electron chi connectivity index (χ4n) is 1.68. The Kier molecular flexibility index (Phi) is 5.37. The molecule has 0 saturated heterocycles. The van der Waals surface area contributed by atoms with E-state index in [-0.39, 0.29) is 28.0 Å². The number of hydrogen-bond acceptors (Lipinski definition) is 5. The SMILES string of the molecule is CCOC(=O)C(=CN[C@@H]1C[C@H]1F)C(=O)c1ccc(Cl)nc1Cl. The highest BCUT2D eigenvalue weighted by atomic mass is 35.5. The third kappa shape index (κ3) is 3.96. The number of rotatable bonds is 6. The quantitative estimate of drug-likeness (QED) is 0.214. The molecule has 1 aromatic heterocycles. The van der Waals surface area contributed by atoms with E-state index in [0.29, 0.717) is 6.42 Å². The summed E-state index contributed by atoms with van der Waals surface area (Å²) in [5.74, 6) is -1.49. The lowest BCUT2D eigenvalue weighted by atomic mass is 10.1. The molecule has 2 rings (SSSR count). The van der Waals surface area contributed by atoms with E-state index >= 15 is 0 Å². The number of halogens is 3. The summed E-state index contributed by atoms with van der Waals surface area (Å²) in [4.78, 5) is 28.1. The van der Waals surface area contributed by atoms with E-state index in [1.165, 1.54) is 12.1 Å². The van der Waals surface area contributed by atoms with Crippen LogP contribution in [0.5, 0.6) is 0 Å². The van der Waals surface area contributed by atoms with Crippen molar-refractivity contribution in [2.24, 2.45) is 0 Å². The van der Waals surface area contributed by atoms with Crippen molar-refractivity contribution in [3.8, 4) is 0 Å². The van der Waals surface area contributed by atoms with Gasteiger partial charge in [0, 0.05) is 12.6 Å². The molecule has 2 atom stereocenters. The first-order chi connectivity index (χ1) is 10.4. The Hall–Kier alpha value is -1.66. The number of hydrogen-bond donors (Lipinski definition) is 1. The fourth-order valence-corrected chi connectivity index (χ4v) is 2.11. The molecule has 0 aliphatic heterocycles. The van der Waals surface area contributed by atoms with Crippen molar-refractivity contribution in [1.82, 2.24) is 10.3 Å². The minimum absolute atomic E-state index is 0.0137. The highest BCUT2D eigenvalue weighted by Crippen LogP contribution is 2.25. The predicted octanol–water partition coefficient (Wildman–Crippen LogP) is 2.72. The van der Waals surface area contributed by atoms with Gasteiger partial charge in [-0.3, -0.25) is 4.79 Å². The van der Waals surface area contributed by atoms with Gasteiger partial charge in [-0.25, -0.2) is 14.2 Å². The highest BCUT2D eigenvalue weighted by Gasteiger charge is 2.37. The standard InChI is InChI=1S/C14H13Cl2FN2O3/c1-2-22-14(21)8(6-18-10-5-9(10)17)12(20)7-3-4-11(15)19-13(7)16/h3-4,6,9-10,18H,2,5H2,1H3/t9-,10-/m1/s1. The summed E-state index contributed by atoms with van der Waals surface area (Å²) in [6, 6.07) is 2.35. The van der Waals surface area contributed by atoms with Gasteiger partial charge in [0.1, 0.15) is 22.1 Å². The van der Waals surface area contributed by atoms with Crippen LogP contribution in [-0.4, -0.2) is 35.6 Å². The first-order valence-electron chi connectivity index (χ1n) is 6.58. The Morgan fingerprint density at radius 2 is 2.18 bits per heavy atom. The average molecular weight is 347 g/mol. The normalized spacial score (nSPS) is 20.5. The molecule has 0 amide bonds. The topological polar surface area (TPSA) is 68.3 Å². The van der Waals surface area contributed by atoms with Crippen LogP contribution in [0.4, 0.5) is 4.39 Å². The molecule has 1 saturated carbocycles. The molecule has 1 aliphatic carbocycles. The van der Waals surface area contributed by atoms with Gasteiger partial charge in [-0.15, -0.1) is 0 Å². The zero-order chi connectivity index (χ0) is 16.3. The molecule has 1 heterocycles. The van der Waals surface area contributed by atoms with Crippen LogP contribution < -0.4 is 5.32 Å². The summed E-state index contributed by atoms with van der Waals surface area (Å²) in [6.07, 6.45) is 0.523. The van der Waals surface area contributed by atoms with Crippen molar-refractivity contribution < 1.29 is 18.7 Å². The minimum atomic E-state index is -0.976. The molecule has 1 N–H and O–H groups in total. The predicted molar refractivity (Wildman–Crippen MR) is 79.7 cm³/mol. The lowest BCUT2D eigenvalue weighted by Gasteiger charge is -2.08. The Morgan fingerprint density at radius 1 is 1.50 bits per heavy atom.